The van der Waals surface area contributed by atoms with E-state index in [1.165, 1.54) is 0 Å². The van der Waals surface area contributed by atoms with Gasteiger partial charge in [0.15, 0.2) is 5.78 Å². The summed E-state index contributed by atoms with van der Waals surface area (Å²) < 4.78 is 6.30. The van der Waals surface area contributed by atoms with Gasteiger partial charge in [-0.3, -0.25) is 4.79 Å². The van der Waals surface area contributed by atoms with Crippen molar-refractivity contribution in [3.05, 3.63) is 52.7 Å². The summed E-state index contributed by atoms with van der Waals surface area (Å²) in [4.78, 5) is 19.3. The van der Waals surface area contributed by atoms with Crippen molar-refractivity contribution in [2.24, 2.45) is 0 Å². The van der Waals surface area contributed by atoms with Gasteiger partial charge >= 0.3 is 0 Å². The maximum Gasteiger partial charge on any atom is 0.195 e. The Balaban J connectivity index is 1.60. The van der Waals surface area contributed by atoms with Gasteiger partial charge in [-0.1, -0.05) is 19.9 Å². The normalized spacial score (nSPS) is 19.0. The molecule has 30 heavy (non-hydrogen) atoms. The summed E-state index contributed by atoms with van der Waals surface area (Å²) >= 11 is 0. The van der Waals surface area contributed by atoms with E-state index in [4.69, 9.17) is 16.2 Å². The number of carbonyl (C=O) groups is 1. The van der Waals surface area contributed by atoms with Crippen LogP contribution in [0, 0.1) is 0 Å². The summed E-state index contributed by atoms with van der Waals surface area (Å²) in [6, 6.07) is 9.40. The van der Waals surface area contributed by atoms with Gasteiger partial charge in [-0.15, -0.1) is 0 Å². The maximum atomic E-state index is 13.5. The molecule has 0 atom stereocenters. The number of piperidine rings is 1. The van der Waals surface area contributed by atoms with Crippen molar-refractivity contribution in [1.29, 1.82) is 0 Å². The Kier molecular flexibility index (Phi) is 4.12. The number of nitrogens with zero attached hydrogens (tertiary/aromatic N) is 1. The topological polar surface area (TPSA) is 97.4 Å². The minimum atomic E-state index is -0.398. The molecule has 6 heteroatoms. The zero-order valence-corrected chi connectivity index (χ0v) is 17.7. The van der Waals surface area contributed by atoms with Gasteiger partial charge in [0.1, 0.15) is 11.9 Å². The number of aromatic amines is 1. The molecule has 0 spiro atoms. The van der Waals surface area contributed by atoms with E-state index in [1.807, 2.05) is 24.3 Å². The number of ketones is 1. The molecular formula is C24H28N4O2. The first-order valence-corrected chi connectivity index (χ1v) is 10.5. The number of fused-ring (bicyclic) bond motifs is 4. The lowest BCUT2D eigenvalue weighted by atomic mass is 9.71. The summed E-state index contributed by atoms with van der Waals surface area (Å²) in [6.45, 7) is 6.29. The summed E-state index contributed by atoms with van der Waals surface area (Å²) in [7, 11) is 2.13. The van der Waals surface area contributed by atoms with E-state index in [0.717, 1.165) is 48.1 Å². The number of hydrogen-bond acceptors (Lipinski definition) is 5. The molecule has 1 aliphatic carbocycles. The van der Waals surface area contributed by atoms with Crippen LogP contribution < -0.4 is 16.2 Å². The first kappa shape index (κ1) is 19.0. The highest BCUT2D eigenvalue weighted by atomic mass is 16.5. The third-order valence-electron chi connectivity index (χ3n) is 6.70. The number of ether oxygens (including phenoxy) is 1. The van der Waals surface area contributed by atoms with E-state index >= 15 is 0 Å². The number of aromatic nitrogens is 1. The van der Waals surface area contributed by atoms with Crippen molar-refractivity contribution in [3.8, 4) is 5.75 Å². The summed E-state index contributed by atoms with van der Waals surface area (Å²) in [5.41, 5.74) is 17.2. The number of anilines is 2. The average molecular weight is 405 g/mol. The second kappa shape index (κ2) is 6.51. The maximum absolute atomic E-state index is 13.5. The van der Waals surface area contributed by atoms with Crippen LogP contribution in [0.15, 0.2) is 30.3 Å². The zero-order valence-electron chi connectivity index (χ0n) is 17.7. The predicted molar refractivity (Wildman–Crippen MR) is 120 cm³/mol. The predicted octanol–water partition coefficient (Wildman–Crippen LogP) is 3.68. The largest absolute Gasteiger partial charge is 0.488 e. The van der Waals surface area contributed by atoms with Crippen LogP contribution in [0.4, 0.5) is 11.4 Å². The highest BCUT2D eigenvalue weighted by Gasteiger charge is 2.40. The fraction of sp³-hybridized carbons (Fsp3) is 0.375. The van der Waals surface area contributed by atoms with Gasteiger partial charge < -0.3 is 26.1 Å². The molecule has 1 fully saturated rings. The lowest BCUT2D eigenvalue weighted by Gasteiger charge is -2.34. The van der Waals surface area contributed by atoms with Crippen LogP contribution in [-0.2, 0) is 5.41 Å². The van der Waals surface area contributed by atoms with Crippen molar-refractivity contribution < 1.29 is 9.53 Å². The van der Waals surface area contributed by atoms with Crippen LogP contribution in [0.3, 0.4) is 0 Å². The first-order valence-electron chi connectivity index (χ1n) is 10.5. The Morgan fingerprint density at radius 1 is 1.13 bits per heavy atom. The zero-order chi connectivity index (χ0) is 21.2. The van der Waals surface area contributed by atoms with Crippen molar-refractivity contribution in [3.63, 3.8) is 0 Å². The quantitative estimate of drug-likeness (QED) is 0.566. The number of benzene rings is 2. The third-order valence-corrected chi connectivity index (χ3v) is 6.70. The molecule has 0 bridgehead atoms. The van der Waals surface area contributed by atoms with Crippen LogP contribution in [0.2, 0.25) is 0 Å². The SMILES string of the molecule is CN1CCC(Oc2cc3c(cc2N)C(=O)c2c([nH]c4cc(N)ccc24)C3(C)C)CC1. The molecule has 156 valence electrons. The molecule has 1 aliphatic heterocycles. The van der Waals surface area contributed by atoms with E-state index in [2.05, 4.69) is 30.8 Å². The molecule has 6 nitrogen and oxygen atoms in total. The molecule has 2 heterocycles. The standard InChI is InChI=1S/C24H28N4O2/c1-24(2)17-12-20(30-14-6-8-28(3)9-7-14)18(26)11-16(17)22(29)21-15-5-4-13(25)10-19(15)27-23(21)24/h4-5,10-12,14,27H,6-9,25-26H2,1-3H3. The molecule has 0 amide bonds. The highest BCUT2D eigenvalue weighted by molar-refractivity contribution is 6.20. The molecular weight excluding hydrogens is 376 g/mol. The number of nitrogens with one attached hydrogen (secondary N) is 1. The number of carbonyl (C=O) groups excluding carboxylic acids is 1. The molecule has 0 radical (unpaired) electrons. The van der Waals surface area contributed by atoms with E-state index < -0.39 is 5.41 Å². The number of H-pyrrole nitrogens is 1. The molecule has 1 aromatic heterocycles. The van der Waals surface area contributed by atoms with Gasteiger partial charge in [-0.2, -0.15) is 0 Å². The minimum Gasteiger partial charge on any atom is -0.488 e. The lowest BCUT2D eigenvalue weighted by Crippen LogP contribution is -2.36. The number of rotatable bonds is 2. The van der Waals surface area contributed by atoms with Crippen LogP contribution in [0.1, 0.15) is 53.9 Å². The van der Waals surface area contributed by atoms with Crippen LogP contribution in [-0.4, -0.2) is 41.9 Å². The Hall–Kier alpha value is -2.99. The van der Waals surface area contributed by atoms with Gasteiger partial charge in [0.2, 0.25) is 0 Å². The second-order valence-electron chi connectivity index (χ2n) is 9.19. The number of likely N-dealkylation sites (tertiary alicyclic amines) is 1. The molecule has 3 aromatic rings. The van der Waals surface area contributed by atoms with Crippen molar-refractivity contribution in [2.45, 2.75) is 38.2 Å². The van der Waals surface area contributed by atoms with Gasteiger partial charge in [-0.25, -0.2) is 0 Å². The number of nitrogen functional groups attached to an aromatic ring is 2. The number of hydrogen-bond donors (Lipinski definition) is 3. The Morgan fingerprint density at radius 2 is 1.87 bits per heavy atom. The van der Waals surface area contributed by atoms with E-state index in [-0.39, 0.29) is 11.9 Å². The monoisotopic (exact) mass is 404 g/mol. The molecule has 2 aliphatic rings. The lowest BCUT2D eigenvalue weighted by molar-refractivity contribution is 0.103. The molecule has 2 aromatic carbocycles. The van der Waals surface area contributed by atoms with Gasteiger partial charge in [-0.05, 0) is 49.7 Å². The van der Waals surface area contributed by atoms with E-state index in [0.29, 0.717) is 28.3 Å². The molecule has 5 rings (SSSR count). The van der Waals surface area contributed by atoms with Gasteiger partial charge in [0.25, 0.3) is 0 Å². The van der Waals surface area contributed by atoms with Crippen LogP contribution in [0.25, 0.3) is 10.9 Å². The Bertz CT molecular complexity index is 1170. The molecule has 0 unspecified atom stereocenters. The van der Waals surface area contributed by atoms with Crippen LogP contribution in [0.5, 0.6) is 5.75 Å². The molecule has 0 saturated carbocycles. The Morgan fingerprint density at radius 3 is 2.60 bits per heavy atom. The Labute approximate surface area is 176 Å². The van der Waals surface area contributed by atoms with E-state index in [9.17, 15) is 4.79 Å². The van der Waals surface area contributed by atoms with Gasteiger partial charge in [0.05, 0.1) is 11.3 Å². The van der Waals surface area contributed by atoms with Crippen molar-refractivity contribution in [1.82, 2.24) is 9.88 Å². The third kappa shape index (κ3) is 2.78. The first-order chi connectivity index (χ1) is 14.3. The van der Waals surface area contributed by atoms with Crippen molar-refractivity contribution >= 4 is 28.1 Å². The molecule has 5 N–H and O–H groups in total. The number of nitrogens with two attached hydrogens (primary N) is 2. The average Bonchev–Trinajstić information content (AvgIpc) is 3.09. The smallest absolute Gasteiger partial charge is 0.195 e. The van der Waals surface area contributed by atoms with Crippen molar-refractivity contribution in [2.75, 3.05) is 31.6 Å². The summed E-state index contributed by atoms with van der Waals surface area (Å²) in [5, 5.41) is 0.896. The summed E-state index contributed by atoms with van der Waals surface area (Å²) in [6.07, 6.45) is 2.10. The fourth-order valence-corrected chi connectivity index (χ4v) is 4.87. The minimum absolute atomic E-state index is 0.00659. The summed E-state index contributed by atoms with van der Waals surface area (Å²) in [5.74, 6) is 0.667. The highest BCUT2D eigenvalue weighted by Crippen LogP contribution is 2.46. The van der Waals surface area contributed by atoms with Crippen LogP contribution >= 0.6 is 0 Å². The molecule has 1 saturated heterocycles. The van der Waals surface area contributed by atoms with Gasteiger partial charge in [0, 0.05) is 46.4 Å². The fourth-order valence-electron chi connectivity index (χ4n) is 4.87. The van der Waals surface area contributed by atoms with E-state index in [1.54, 1.807) is 6.07 Å². The second-order valence-corrected chi connectivity index (χ2v) is 9.19.